The van der Waals surface area contributed by atoms with Crippen molar-refractivity contribution < 1.29 is 9.53 Å². The second-order valence-corrected chi connectivity index (χ2v) is 13.3. The van der Waals surface area contributed by atoms with Crippen molar-refractivity contribution in [3.8, 4) is 5.75 Å². The first-order valence-electron chi connectivity index (χ1n) is 8.77. The van der Waals surface area contributed by atoms with Gasteiger partial charge < -0.3 is 9.53 Å². The van der Waals surface area contributed by atoms with Crippen LogP contribution in [0, 0.1) is 0 Å². The Kier molecular flexibility index (Phi) is 4.91. The summed E-state index contributed by atoms with van der Waals surface area (Å²) in [5, 5.41) is 11.0. The molecule has 0 radical (unpaired) electrons. The van der Waals surface area contributed by atoms with Gasteiger partial charge in [-0.15, -0.1) is 0 Å². The van der Waals surface area contributed by atoms with Crippen molar-refractivity contribution in [3.63, 3.8) is 0 Å². The Labute approximate surface area is 148 Å². The summed E-state index contributed by atoms with van der Waals surface area (Å²) in [4.78, 5) is 0. The summed E-state index contributed by atoms with van der Waals surface area (Å²) in [6.07, 6.45) is 3.61. The van der Waals surface area contributed by atoms with Gasteiger partial charge in [-0.05, 0) is 55.1 Å². The lowest BCUT2D eigenvalue weighted by Gasteiger charge is -2.47. The zero-order valence-corrected chi connectivity index (χ0v) is 17.1. The Bertz CT molecular complexity index is 654. The topological polar surface area (TPSA) is 29.5 Å². The van der Waals surface area contributed by atoms with Crippen LogP contribution in [0.15, 0.2) is 36.9 Å². The van der Waals surface area contributed by atoms with Gasteiger partial charge in [0.1, 0.15) is 5.75 Å². The van der Waals surface area contributed by atoms with Crippen molar-refractivity contribution in [2.75, 3.05) is 0 Å². The van der Waals surface area contributed by atoms with Gasteiger partial charge in [-0.2, -0.15) is 0 Å². The number of aliphatic hydroxyl groups is 1. The van der Waals surface area contributed by atoms with Crippen LogP contribution in [0.1, 0.15) is 57.6 Å². The molecule has 2 atom stereocenters. The number of benzene rings is 1. The Balaban J connectivity index is 2.44. The standard InChI is InChI=1S/C21H32O2Si/c1-9-16-17(18-13-14-21(18,22)15(2)3)11-10-12-19(16)23-24(7,8)20(4,5)6/h9-12,18,22H,1-2,13-14H2,3-8H3/t18-,21+/m0/s1. The molecule has 2 rings (SSSR count). The highest BCUT2D eigenvalue weighted by molar-refractivity contribution is 6.74. The smallest absolute Gasteiger partial charge is 0.250 e. The zero-order chi connectivity index (χ0) is 18.3. The van der Waals surface area contributed by atoms with E-state index in [1.54, 1.807) is 0 Å². The summed E-state index contributed by atoms with van der Waals surface area (Å²) in [5.74, 6) is 0.969. The molecule has 3 heteroatoms. The molecular formula is C21H32O2Si. The van der Waals surface area contributed by atoms with Crippen LogP contribution in [0.3, 0.4) is 0 Å². The van der Waals surface area contributed by atoms with Gasteiger partial charge in [-0.3, -0.25) is 0 Å². The van der Waals surface area contributed by atoms with Crippen molar-refractivity contribution in [2.24, 2.45) is 0 Å². The molecule has 1 aromatic rings. The first-order chi connectivity index (χ1) is 10.9. The average Bonchev–Trinajstić information content (AvgIpc) is 2.43. The van der Waals surface area contributed by atoms with E-state index in [1.165, 1.54) is 0 Å². The predicted octanol–water partition coefficient (Wildman–Crippen LogP) is 5.90. The van der Waals surface area contributed by atoms with Crippen LogP contribution in [0.25, 0.3) is 6.08 Å². The van der Waals surface area contributed by atoms with E-state index in [0.29, 0.717) is 0 Å². The minimum atomic E-state index is -1.93. The molecule has 0 bridgehead atoms. The molecule has 0 amide bonds. The van der Waals surface area contributed by atoms with Crippen LogP contribution < -0.4 is 4.43 Å². The van der Waals surface area contributed by atoms with Gasteiger partial charge in [-0.25, -0.2) is 0 Å². The van der Waals surface area contributed by atoms with E-state index in [4.69, 9.17) is 4.43 Å². The van der Waals surface area contributed by atoms with Gasteiger partial charge in [0.25, 0.3) is 8.32 Å². The molecule has 1 fully saturated rings. The summed E-state index contributed by atoms with van der Waals surface area (Å²) in [5.41, 5.74) is 2.18. The van der Waals surface area contributed by atoms with Crippen LogP contribution in [-0.4, -0.2) is 19.0 Å². The third kappa shape index (κ3) is 3.12. The first kappa shape index (κ1) is 19.0. The fourth-order valence-corrected chi connectivity index (χ4v) is 4.12. The predicted molar refractivity (Wildman–Crippen MR) is 106 cm³/mol. The van der Waals surface area contributed by atoms with Crippen LogP contribution >= 0.6 is 0 Å². The van der Waals surface area contributed by atoms with Gasteiger partial charge in [0.05, 0.1) is 5.60 Å². The number of rotatable bonds is 5. The number of hydrogen-bond donors (Lipinski definition) is 1. The second kappa shape index (κ2) is 6.20. The van der Waals surface area contributed by atoms with Crippen molar-refractivity contribution in [1.29, 1.82) is 0 Å². The first-order valence-corrected chi connectivity index (χ1v) is 11.7. The van der Waals surface area contributed by atoms with Crippen molar-refractivity contribution >= 4 is 14.4 Å². The lowest BCUT2D eigenvalue weighted by Crippen LogP contribution is -2.46. The molecule has 24 heavy (non-hydrogen) atoms. The summed E-state index contributed by atoms with van der Waals surface area (Å²) < 4.78 is 6.54. The number of hydrogen-bond acceptors (Lipinski definition) is 2. The molecule has 1 aliphatic rings. The molecule has 0 saturated heterocycles. The molecule has 0 aliphatic heterocycles. The van der Waals surface area contributed by atoms with E-state index in [-0.39, 0.29) is 11.0 Å². The minimum Gasteiger partial charge on any atom is -0.543 e. The SMILES string of the molecule is C=Cc1c(O[Si](C)(C)C(C)(C)C)cccc1[C@@H]1CC[C@@]1(O)C(=C)C. The highest BCUT2D eigenvalue weighted by Gasteiger charge is 2.47. The molecule has 0 unspecified atom stereocenters. The maximum Gasteiger partial charge on any atom is 0.250 e. The monoisotopic (exact) mass is 344 g/mol. The van der Waals surface area contributed by atoms with Gasteiger partial charge in [0.2, 0.25) is 0 Å². The molecule has 1 N–H and O–H groups in total. The van der Waals surface area contributed by atoms with Gasteiger partial charge in [0.15, 0.2) is 0 Å². The van der Waals surface area contributed by atoms with E-state index in [2.05, 4.69) is 53.1 Å². The lowest BCUT2D eigenvalue weighted by atomic mass is 9.62. The normalized spacial score (nSPS) is 24.2. The molecule has 132 valence electrons. The van der Waals surface area contributed by atoms with E-state index in [1.807, 2.05) is 25.1 Å². The van der Waals surface area contributed by atoms with Gasteiger partial charge in [-0.1, -0.05) is 52.1 Å². The highest BCUT2D eigenvalue weighted by atomic mass is 28.4. The van der Waals surface area contributed by atoms with Gasteiger partial charge in [0, 0.05) is 11.5 Å². The maximum absolute atomic E-state index is 10.9. The molecular weight excluding hydrogens is 312 g/mol. The quantitative estimate of drug-likeness (QED) is 0.532. The van der Waals surface area contributed by atoms with E-state index in [0.717, 1.165) is 35.3 Å². The van der Waals surface area contributed by atoms with Crippen LogP contribution in [0.4, 0.5) is 0 Å². The summed E-state index contributed by atoms with van der Waals surface area (Å²) in [6.45, 7) is 21.1. The molecule has 0 aromatic heterocycles. The van der Waals surface area contributed by atoms with Crippen LogP contribution in [0.5, 0.6) is 5.75 Å². The van der Waals surface area contributed by atoms with Crippen LogP contribution in [-0.2, 0) is 0 Å². The van der Waals surface area contributed by atoms with E-state index in [9.17, 15) is 5.11 Å². The average molecular weight is 345 g/mol. The minimum absolute atomic E-state index is 0.0750. The highest BCUT2D eigenvalue weighted by Crippen LogP contribution is 2.51. The fourth-order valence-electron chi connectivity index (χ4n) is 3.09. The van der Waals surface area contributed by atoms with Crippen LogP contribution in [0.2, 0.25) is 18.1 Å². The third-order valence-corrected chi connectivity index (χ3v) is 10.3. The molecule has 2 nitrogen and oxygen atoms in total. The zero-order valence-electron chi connectivity index (χ0n) is 16.1. The molecule has 0 spiro atoms. The van der Waals surface area contributed by atoms with Crippen molar-refractivity contribution in [1.82, 2.24) is 0 Å². The Morgan fingerprint density at radius 2 is 2.00 bits per heavy atom. The summed E-state index contributed by atoms with van der Waals surface area (Å²) in [6, 6.07) is 6.15. The second-order valence-electron chi connectivity index (χ2n) is 8.62. The summed E-state index contributed by atoms with van der Waals surface area (Å²) >= 11 is 0. The third-order valence-electron chi connectivity index (χ3n) is 5.98. The summed E-state index contributed by atoms with van der Waals surface area (Å²) in [7, 11) is -1.93. The largest absolute Gasteiger partial charge is 0.543 e. The van der Waals surface area contributed by atoms with Crippen molar-refractivity contribution in [3.05, 3.63) is 48.1 Å². The van der Waals surface area contributed by atoms with Gasteiger partial charge >= 0.3 is 0 Å². The molecule has 1 saturated carbocycles. The lowest BCUT2D eigenvalue weighted by molar-refractivity contribution is -0.0233. The Morgan fingerprint density at radius 3 is 2.42 bits per heavy atom. The fraction of sp³-hybridized carbons (Fsp3) is 0.524. The molecule has 0 heterocycles. The Hall–Kier alpha value is -1.32. The van der Waals surface area contributed by atoms with E-state index >= 15 is 0 Å². The van der Waals surface area contributed by atoms with E-state index < -0.39 is 13.9 Å². The molecule has 1 aromatic carbocycles. The maximum atomic E-state index is 10.9. The van der Waals surface area contributed by atoms with Crippen molar-refractivity contribution in [2.45, 2.75) is 70.2 Å². The Morgan fingerprint density at radius 1 is 1.38 bits per heavy atom. The molecule has 1 aliphatic carbocycles.